The highest BCUT2D eigenvalue weighted by Crippen LogP contribution is 2.27. The summed E-state index contributed by atoms with van der Waals surface area (Å²) in [5, 5.41) is 12.8. The number of anilines is 1. The van der Waals surface area contributed by atoms with E-state index < -0.39 is 11.9 Å². The minimum absolute atomic E-state index is 0.111. The van der Waals surface area contributed by atoms with Gasteiger partial charge in [0.25, 0.3) is 5.91 Å². The van der Waals surface area contributed by atoms with Gasteiger partial charge in [0.05, 0.1) is 12.3 Å². The van der Waals surface area contributed by atoms with Gasteiger partial charge >= 0.3 is 5.97 Å². The molecule has 0 unspecified atom stereocenters. The second-order valence-corrected chi connectivity index (χ2v) is 9.37. The summed E-state index contributed by atoms with van der Waals surface area (Å²) in [6.07, 6.45) is 3.53. The molecule has 1 fully saturated rings. The smallest absolute Gasteiger partial charge is 0.325 e. The lowest BCUT2D eigenvalue weighted by molar-refractivity contribution is -0.141. The lowest BCUT2D eigenvalue weighted by atomic mass is 9.92. The highest BCUT2D eigenvalue weighted by molar-refractivity contribution is 5.96. The number of aromatic nitrogens is 2. The Kier molecular flexibility index (Phi) is 8.72. The summed E-state index contributed by atoms with van der Waals surface area (Å²) in [6, 6.07) is 19.3. The van der Waals surface area contributed by atoms with Crippen LogP contribution in [0.2, 0.25) is 0 Å². The van der Waals surface area contributed by atoms with Gasteiger partial charge in [0.1, 0.15) is 12.4 Å². The predicted octanol–water partition coefficient (Wildman–Crippen LogP) is 3.83. The lowest BCUT2D eigenvalue weighted by Gasteiger charge is -2.33. The molecule has 37 heavy (non-hydrogen) atoms. The van der Waals surface area contributed by atoms with Crippen molar-refractivity contribution in [1.82, 2.24) is 15.3 Å². The van der Waals surface area contributed by atoms with Crippen LogP contribution >= 0.6 is 0 Å². The van der Waals surface area contributed by atoms with Gasteiger partial charge in [-0.3, -0.25) is 9.59 Å². The summed E-state index contributed by atoms with van der Waals surface area (Å²) >= 11 is 0. The van der Waals surface area contributed by atoms with Crippen molar-refractivity contribution in [2.24, 2.45) is 5.92 Å². The van der Waals surface area contributed by atoms with E-state index in [2.05, 4.69) is 68.7 Å². The predicted molar refractivity (Wildman–Crippen MR) is 142 cm³/mol. The molecule has 1 aromatic heterocycles. The van der Waals surface area contributed by atoms with E-state index in [4.69, 9.17) is 4.74 Å². The highest BCUT2D eigenvalue weighted by atomic mass is 16.5. The summed E-state index contributed by atoms with van der Waals surface area (Å²) in [4.78, 5) is 35.2. The zero-order valence-corrected chi connectivity index (χ0v) is 21.4. The van der Waals surface area contributed by atoms with Crippen LogP contribution in [0.5, 0.6) is 5.75 Å². The normalized spacial score (nSPS) is 13.8. The SMILES string of the molecule is CCOC(=O)CNC(=O)c1nc(CC2CCN(c3ccc(Cc4ccccc4)cc3)CC2)nc(C)c1O. The summed E-state index contributed by atoms with van der Waals surface area (Å²) in [7, 11) is 0. The molecule has 0 atom stereocenters. The molecule has 2 aromatic carbocycles. The fraction of sp³-hybridized carbons (Fsp3) is 0.379. The van der Waals surface area contributed by atoms with Crippen LogP contribution in [0.4, 0.5) is 5.69 Å². The first-order valence-electron chi connectivity index (χ1n) is 12.8. The quantitative estimate of drug-likeness (QED) is 0.429. The number of amides is 1. The third-order valence-electron chi connectivity index (χ3n) is 6.66. The van der Waals surface area contributed by atoms with Crippen molar-refractivity contribution >= 4 is 17.6 Å². The monoisotopic (exact) mass is 502 g/mol. The Balaban J connectivity index is 1.32. The maximum atomic E-state index is 12.5. The van der Waals surface area contributed by atoms with Crippen molar-refractivity contribution < 1.29 is 19.4 Å². The molecule has 0 radical (unpaired) electrons. The molecule has 1 aliphatic rings. The van der Waals surface area contributed by atoms with Crippen molar-refractivity contribution in [3.63, 3.8) is 0 Å². The number of carbonyl (C=O) groups excluding carboxylic acids is 2. The van der Waals surface area contributed by atoms with E-state index in [-0.39, 0.29) is 24.6 Å². The number of aryl methyl sites for hydroxylation is 1. The Labute approximate surface area is 217 Å². The van der Waals surface area contributed by atoms with Crippen LogP contribution in [0.3, 0.4) is 0 Å². The topological polar surface area (TPSA) is 105 Å². The molecule has 2 N–H and O–H groups in total. The summed E-state index contributed by atoms with van der Waals surface area (Å²) < 4.78 is 4.82. The standard InChI is InChI=1S/C29H34N4O4/c1-3-37-26(34)19-30-29(36)27-28(35)20(2)31-25(32-27)18-23-13-15-33(16-14-23)24-11-9-22(10-12-24)17-21-7-5-4-6-8-21/h4-12,23,35H,3,13-19H2,1-2H3,(H,30,36). The number of hydrogen-bond donors (Lipinski definition) is 2. The molecule has 8 heteroatoms. The van der Waals surface area contributed by atoms with E-state index in [1.807, 2.05) is 6.07 Å². The first-order valence-corrected chi connectivity index (χ1v) is 12.8. The number of ether oxygens (including phenoxy) is 1. The largest absolute Gasteiger partial charge is 0.504 e. The fourth-order valence-corrected chi connectivity index (χ4v) is 4.63. The van der Waals surface area contributed by atoms with E-state index in [0.717, 1.165) is 32.4 Å². The molecule has 8 nitrogen and oxygen atoms in total. The molecule has 0 aliphatic carbocycles. The van der Waals surface area contributed by atoms with Crippen LogP contribution < -0.4 is 10.2 Å². The van der Waals surface area contributed by atoms with Gasteiger partial charge in [-0.1, -0.05) is 42.5 Å². The Morgan fingerprint density at radius 2 is 1.70 bits per heavy atom. The number of esters is 1. The maximum absolute atomic E-state index is 12.5. The Bertz CT molecular complexity index is 1210. The minimum Gasteiger partial charge on any atom is -0.504 e. The van der Waals surface area contributed by atoms with Crippen LogP contribution in [-0.2, 0) is 22.4 Å². The van der Waals surface area contributed by atoms with E-state index >= 15 is 0 Å². The number of benzene rings is 2. The molecule has 1 aliphatic heterocycles. The molecule has 3 aromatic rings. The van der Waals surface area contributed by atoms with Gasteiger partial charge in [0.2, 0.25) is 0 Å². The van der Waals surface area contributed by atoms with Crippen molar-refractivity contribution in [3.05, 3.63) is 82.9 Å². The van der Waals surface area contributed by atoms with Crippen LogP contribution in [0.15, 0.2) is 54.6 Å². The van der Waals surface area contributed by atoms with E-state index in [1.54, 1.807) is 13.8 Å². The van der Waals surface area contributed by atoms with Gasteiger partial charge in [-0.05, 0) is 62.3 Å². The second-order valence-electron chi connectivity index (χ2n) is 9.37. The molecule has 1 saturated heterocycles. The molecule has 0 bridgehead atoms. The highest BCUT2D eigenvalue weighted by Gasteiger charge is 2.23. The lowest BCUT2D eigenvalue weighted by Crippen LogP contribution is -2.34. The van der Waals surface area contributed by atoms with E-state index in [0.29, 0.717) is 23.9 Å². The third kappa shape index (κ3) is 7.06. The van der Waals surface area contributed by atoms with Crippen LogP contribution in [0.25, 0.3) is 0 Å². The van der Waals surface area contributed by atoms with Crippen LogP contribution in [0, 0.1) is 12.8 Å². The van der Waals surface area contributed by atoms with Crippen molar-refractivity contribution in [3.8, 4) is 5.75 Å². The summed E-state index contributed by atoms with van der Waals surface area (Å²) in [5.74, 6) is -0.523. The van der Waals surface area contributed by atoms with Crippen molar-refractivity contribution in [2.45, 2.75) is 39.5 Å². The maximum Gasteiger partial charge on any atom is 0.325 e. The second kappa shape index (κ2) is 12.3. The molecule has 0 spiro atoms. The van der Waals surface area contributed by atoms with E-state index in [9.17, 15) is 14.7 Å². The van der Waals surface area contributed by atoms with Gasteiger partial charge < -0.3 is 20.1 Å². The van der Waals surface area contributed by atoms with Crippen LogP contribution in [-0.4, -0.2) is 53.2 Å². The zero-order valence-electron chi connectivity index (χ0n) is 21.4. The van der Waals surface area contributed by atoms with Gasteiger partial charge in [-0.15, -0.1) is 0 Å². The average molecular weight is 503 g/mol. The molecular formula is C29H34N4O4. The Morgan fingerprint density at radius 1 is 1.03 bits per heavy atom. The molecule has 1 amide bonds. The van der Waals surface area contributed by atoms with E-state index in [1.165, 1.54) is 16.8 Å². The fourth-order valence-electron chi connectivity index (χ4n) is 4.63. The number of rotatable bonds is 9. The molecule has 0 saturated carbocycles. The zero-order chi connectivity index (χ0) is 26.2. The molecular weight excluding hydrogens is 468 g/mol. The number of nitrogens with one attached hydrogen (secondary N) is 1. The molecule has 2 heterocycles. The van der Waals surface area contributed by atoms with Crippen LogP contribution in [0.1, 0.15) is 52.9 Å². The number of aromatic hydroxyl groups is 1. The van der Waals surface area contributed by atoms with Gasteiger partial charge in [-0.2, -0.15) is 0 Å². The third-order valence-corrected chi connectivity index (χ3v) is 6.66. The summed E-state index contributed by atoms with van der Waals surface area (Å²) in [6.45, 7) is 5.16. The van der Waals surface area contributed by atoms with Gasteiger partial charge in [-0.25, -0.2) is 9.97 Å². The number of carbonyl (C=O) groups is 2. The number of nitrogens with zero attached hydrogens (tertiary/aromatic N) is 3. The first kappa shape index (κ1) is 26.1. The molecule has 194 valence electrons. The van der Waals surface area contributed by atoms with Gasteiger partial charge in [0, 0.05) is 25.2 Å². The van der Waals surface area contributed by atoms with Gasteiger partial charge in [0.15, 0.2) is 11.4 Å². The number of piperidine rings is 1. The first-order chi connectivity index (χ1) is 17.9. The summed E-state index contributed by atoms with van der Waals surface area (Å²) in [5.41, 5.74) is 4.07. The number of hydrogen-bond acceptors (Lipinski definition) is 7. The Hall–Kier alpha value is -3.94. The van der Waals surface area contributed by atoms with Crippen molar-refractivity contribution in [2.75, 3.05) is 31.1 Å². The molecule has 4 rings (SSSR count). The van der Waals surface area contributed by atoms with Crippen molar-refractivity contribution in [1.29, 1.82) is 0 Å². The minimum atomic E-state index is -0.622. The average Bonchev–Trinajstić information content (AvgIpc) is 2.91. The Morgan fingerprint density at radius 3 is 2.38 bits per heavy atom.